The van der Waals surface area contributed by atoms with Crippen molar-refractivity contribution in [3.05, 3.63) is 10.7 Å². The average Bonchev–Trinajstić information content (AvgIpc) is 3.05. The summed E-state index contributed by atoms with van der Waals surface area (Å²) in [5.74, 6) is 1.22. The Hall–Kier alpha value is 1.18. The minimum absolute atomic E-state index is 0. The molecule has 0 N–H and O–H groups in total. The molecule has 2 nitrogen and oxygen atoms in total. The van der Waals surface area contributed by atoms with Crippen molar-refractivity contribution < 1.29 is 24.0 Å². The van der Waals surface area contributed by atoms with Crippen molar-refractivity contribution in [1.29, 1.82) is 0 Å². The van der Waals surface area contributed by atoms with E-state index in [9.17, 15) is 0 Å². The topological polar surface area (TPSA) is 6.25 Å². The molecule has 0 unspecified atom stereocenters. The van der Waals surface area contributed by atoms with Crippen LogP contribution in [-0.4, -0.2) is 43.4 Å². The molecular formula is C13H24ClIN2S3. The fourth-order valence-electron chi connectivity index (χ4n) is 2.20. The van der Waals surface area contributed by atoms with Crippen molar-refractivity contribution in [2.45, 2.75) is 30.9 Å². The third kappa shape index (κ3) is 6.52. The van der Waals surface area contributed by atoms with Gasteiger partial charge in [-0.15, -0.1) is 24.2 Å². The minimum Gasteiger partial charge on any atom is -1.00 e. The van der Waals surface area contributed by atoms with E-state index in [1.807, 2.05) is 32.4 Å². The lowest BCUT2D eigenvalue weighted by Crippen LogP contribution is -3.00. The summed E-state index contributed by atoms with van der Waals surface area (Å²) in [7, 11) is 3.90. The highest BCUT2D eigenvalue weighted by molar-refractivity contribution is 8.02. The predicted molar refractivity (Wildman–Crippen MR) is 92.2 cm³/mol. The molecule has 0 amide bonds. The zero-order valence-corrected chi connectivity index (χ0v) is 17.6. The SMILES string of the molecule is CCN(CC)CCSc1cc(=[N+]2CCCC2)ss1.Cl.[I-]. The first kappa shape index (κ1) is 21.2. The Balaban J connectivity index is 0.00000180. The van der Waals surface area contributed by atoms with Crippen molar-refractivity contribution in [2.24, 2.45) is 0 Å². The van der Waals surface area contributed by atoms with Crippen LogP contribution in [0.3, 0.4) is 0 Å². The van der Waals surface area contributed by atoms with Crippen molar-refractivity contribution in [1.82, 2.24) is 9.48 Å². The molecule has 1 aliphatic rings. The second-order valence-corrected chi connectivity index (χ2v) is 8.12. The van der Waals surface area contributed by atoms with Crippen LogP contribution in [0, 0.1) is 0 Å². The highest BCUT2D eigenvalue weighted by Gasteiger charge is 2.15. The molecule has 20 heavy (non-hydrogen) atoms. The van der Waals surface area contributed by atoms with Crippen molar-refractivity contribution in [3.8, 4) is 0 Å². The molecule has 0 aliphatic carbocycles. The van der Waals surface area contributed by atoms with Gasteiger partial charge in [-0.1, -0.05) is 24.2 Å². The van der Waals surface area contributed by atoms with Gasteiger partial charge >= 0.3 is 0 Å². The van der Waals surface area contributed by atoms with Gasteiger partial charge in [-0.05, 0) is 23.4 Å². The third-order valence-electron chi connectivity index (χ3n) is 3.41. The highest BCUT2D eigenvalue weighted by atomic mass is 127. The van der Waals surface area contributed by atoms with Gasteiger partial charge in [0.2, 0.25) is 0 Å². The highest BCUT2D eigenvalue weighted by Crippen LogP contribution is 2.24. The molecule has 0 radical (unpaired) electrons. The first-order valence-electron chi connectivity index (χ1n) is 6.86. The summed E-state index contributed by atoms with van der Waals surface area (Å²) in [6.07, 6.45) is 2.74. The molecule has 1 fully saturated rings. The van der Waals surface area contributed by atoms with E-state index < -0.39 is 0 Å². The first-order valence-corrected chi connectivity index (χ1v) is 10.00. The van der Waals surface area contributed by atoms with Gasteiger partial charge in [0, 0.05) is 31.2 Å². The Bertz CT molecular complexity index is 421. The summed E-state index contributed by atoms with van der Waals surface area (Å²) in [5.41, 5.74) is 0. The van der Waals surface area contributed by atoms with Gasteiger partial charge in [0.25, 0.3) is 4.67 Å². The average molecular weight is 467 g/mol. The molecule has 7 heteroatoms. The molecule has 0 bridgehead atoms. The number of thioether (sulfide) groups is 1. The molecule has 1 aromatic heterocycles. The summed E-state index contributed by atoms with van der Waals surface area (Å²) < 4.78 is 5.52. The number of rotatable bonds is 6. The molecule has 2 heterocycles. The van der Waals surface area contributed by atoms with Gasteiger partial charge in [0.15, 0.2) is 0 Å². The molecule has 0 spiro atoms. The van der Waals surface area contributed by atoms with Crippen LogP contribution >= 0.6 is 44.8 Å². The maximum atomic E-state index is 2.54. The van der Waals surface area contributed by atoms with Gasteiger partial charge in [-0.3, -0.25) is 0 Å². The maximum Gasteiger partial charge on any atom is 0.268 e. The Kier molecular flexibility index (Phi) is 12.4. The van der Waals surface area contributed by atoms with E-state index in [1.54, 1.807) is 0 Å². The zero-order valence-electron chi connectivity index (χ0n) is 12.1. The number of nitrogens with zero attached hydrogens (tertiary/aromatic N) is 2. The lowest BCUT2D eigenvalue weighted by Gasteiger charge is -2.16. The van der Waals surface area contributed by atoms with E-state index in [2.05, 4.69) is 29.4 Å². The van der Waals surface area contributed by atoms with Crippen LogP contribution in [0.2, 0.25) is 0 Å². The van der Waals surface area contributed by atoms with Crippen LogP contribution in [0.25, 0.3) is 0 Å². The van der Waals surface area contributed by atoms with Gasteiger partial charge < -0.3 is 28.9 Å². The van der Waals surface area contributed by atoms with Crippen LogP contribution in [-0.2, 0) is 0 Å². The fourth-order valence-corrected chi connectivity index (χ4v) is 6.16. The molecule has 0 atom stereocenters. The van der Waals surface area contributed by atoms with Crippen molar-refractivity contribution >= 4 is 44.8 Å². The normalized spacial score (nSPS) is 14.2. The van der Waals surface area contributed by atoms with E-state index in [1.165, 1.54) is 60.2 Å². The Morgan fingerprint density at radius 1 is 1.20 bits per heavy atom. The molecule has 0 saturated carbocycles. The largest absolute Gasteiger partial charge is 1.00 e. The van der Waals surface area contributed by atoms with E-state index in [0.29, 0.717) is 0 Å². The molecular weight excluding hydrogens is 443 g/mol. The molecule has 1 saturated heterocycles. The zero-order chi connectivity index (χ0) is 12.8. The minimum atomic E-state index is 0. The van der Waals surface area contributed by atoms with E-state index in [0.717, 1.165) is 0 Å². The number of hydrogen-bond donors (Lipinski definition) is 0. The summed E-state index contributed by atoms with van der Waals surface area (Å²) in [4.78, 5) is 2.49. The van der Waals surface area contributed by atoms with Crippen LogP contribution in [0.1, 0.15) is 26.7 Å². The van der Waals surface area contributed by atoms with E-state index in [4.69, 9.17) is 0 Å². The second kappa shape index (κ2) is 11.7. The van der Waals surface area contributed by atoms with Gasteiger partial charge in [0.05, 0.1) is 4.21 Å². The fraction of sp³-hybridized carbons (Fsp3) is 0.769. The smallest absolute Gasteiger partial charge is 0.268 e. The van der Waals surface area contributed by atoms with Crippen molar-refractivity contribution in [3.63, 3.8) is 0 Å². The maximum absolute atomic E-state index is 2.54. The standard InChI is InChI=1S/C13H23N2S3.ClH.HI/c1-3-14(4-2)9-10-16-13-11-12(17-18-13)15-7-5-6-8-15;;/h11H,3-10H2,1-2H3;2*1H/q+1;;/p-1. The quantitative estimate of drug-likeness (QED) is 0.256. The number of halogens is 2. The molecule has 1 aromatic rings. The van der Waals surface area contributed by atoms with Crippen molar-refractivity contribution in [2.75, 3.05) is 38.5 Å². The first-order chi connectivity index (χ1) is 8.83. The molecule has 118 valence electrons. The van der Waals surface area contributed by atoms with Crippen LogP contribution in [0.4, 0.5) is 0 Å². The molecule has 1 aliphatic heterocycles. The predicted octanol–water partition coefficient (Wildman–Crippen LogP) is 0.235. The Morgan fingerprint density at radius 3 is 2.45 bits per heavy atom. The van der Waals surface area contributed by atoms with Gasteiger partial charge in [-0.2, -0.15) is 0 Å². The Labute approximate surface area is 157 Å². The summed E-state index contributed by atoms with van der Waals surface area (Å²) >= 11 is 2.02. The van der Waals surface area contributed by atoms with Crippen LogP contribution in [0.5, 0.6) is 0 Å². The molecule has 2 rings (SSSR count). The third-order valence-corrected chi connectivity index (χ3v) is 7.34. The number of hydrogen-bond acceptors (Lipinski definition) is 4. The second-order valence-electron chi connectivity index (χ2n) is 4.54. The lowest BCUT2D eigenvalue weighted by molar-refractivity contribution is -0.00000386. The van der Waals surface area contributed by atoms with Gasteiger partial charge in [0.1, 0.15) is 13.1 Å². The monoisotopic (exact) mass is 466 g/mol. The van der Waals surface area contributed by atoms with Gasteiger partial charge in [-0.25, -0.2) is 4.58 Å². The Morgan fingerprint density at radius 2 is 1.85 bits per heavy atom. The lowest BCUT2D eigenvalue weighted by atomic mass is 10.4. The van der Waals surface area contributed by atoms with Crippen LogP contribution in [0.15, 0.2) is 10.3 Å². The molecule has 0 aromatic carbocycles. The van der Waals surface area contributed by atoms with E-state index in [-0.39, 0.29) is 36.4 Å². The van der Waals surface area contributed by atoms with Crippen LogP contribution < -0.4 is 33.2 Å². The van der Waals surface area contributed by atoms with E-state index >= 15 is 0 Å². The summed E-state index contributed by atoms with van der Waals surface area (Å²) in [6, 6.07) is 2.40. The summed E-state index contributed by atoms with van der Waals surface area (Å²) in [6.45, 7) is 10.6. The summed E-state index contributed by atoms with van der Waals surface area (Å²) in [5, 5.41) is 0.